The van der Waals surface area contributed by atoms with E-state index in [-0.39, 0.29) is 28.7 Å². The largest absolute Gasteiger partial charge is 0.486 e. The number of halogens is 2. The molecule has 160 valence electrons. The van der Waals surface area contributed by atoms with E-state index in [1.54, 1.807) is 6.92 Å². The minimum absolute atomic E-state index is 0.116. The maximum atomic E-state index is 14.3. The Kier molecular flexibility index (Phi) is 6.13. The fourth-order valence-electron chi connectivity index (χ4n) is 3.98. The first-order valence-corrected chi connectivity index (χ1v) is 10.8. The molecule has 1 heterocycles. The lowest BCUT2D eigenvalue weighted by Gasteiger charge is -2.43. The van der Waals surface area contributed by atoms with Crippen LogP contribution < -0.4 is 10.1 Å². The van der Waals surface area contributed by atoms with Crippen molar-refractivity contribution < 1.29 is 23.5 Å². The van der Waals surface area contributed by atoms with E-state index >= 15 is 0 Å². The van der Waals surface area contributed by atoms with Crippen LogP contribution in [0.4, 0.5) is 10.1 Å². The van der Waals surface area contributed by atoms with Gasteiger partial charge in [-0.05, 0) is 85.5 Å². The van der Waals surface area contributed by atoms with Crippen LogP contribution in [0.5, 0.6) is 5.75 Å². The van der Waals surface area contributed by atoms with E-state index in [2.05, 4.69) is 55.6 Å². The maximum Gasteiger partial charge on any atom is 0.341 e. The molecule has 2 aromatic rings. The summed E-state index contributed by atoms with van der Waals surface area (Å²) < 4.78 is 26.2. The van der Waals surface area contributed by atoms with Gasteiger partial charge < -0.3 is 14.8 Å². The third-order valence-corrected chi connectivity index (χ3v) is 5.80. The minimum atomic E-state index is -0.794. The summed E-state index contributed by atoms with van der Waals surface area (Å²) in [6.07, 6.45) is 0.834. The van der Waals surface area contributed by atoms with E-state index in [9.17, 15) is 14.0 Å². The quantitative estimate of drug-likeness (QED) is 0.411. The molecular formula is C23H25FINO4. The lowest BCUT2D eigenvalue weighted by atomic mass is 9.73. The van der Waals surface area contributed by atoms with Gasteiger partial charge in [0.15, 0.2) is 0 Å². The highest BCUT2D eigenvalue weighted by atomic mass is 127. The number of amides is 1. The monoisotopic (exact) mass is 525 g/mol. The number of carbonyl (C=O) groups excluding carboxylic acids is 2. The molecule has 0 saturated heterocycles. The summed E-state index contributed by atoms with van der Waals surface area (Å²) in [7, 11) is 0. The van der Waals surface area contributed by atoms with E-state index in [0.29, 0.717) is 5.69 Å². The van der Waals surface area contributed by atoms with Crippen molar-refractivity contribution in [3.05, 3.63) is 56.4 Å². The zero-order chi connectivity index (χ0) is 22.3. The van der Waals surface area contributed by atoms with Gasteiger partial charge in [0.05, 0.1) is 15.7 Å². The van der Waals surface area contributed by atoms with Crippen molar-refractivity contribution in [3.8, 4) is 5.75 Å². The molecule has 0 spiro atoms. The van der Waals surface area contributed by atoms with Crippen LogP contribution in [0.2, 0.25) is 0 Å². The van der Waals surface area contributed by atoms with E-state index in [1.165, 1.54) is 12.1 Å². The van der Waals surface area contributed by atoms with E-state index in [4.69, 9.17) is 9.47 Å². The molecule has 1 aliphatic rings. The molecule has 5 nitrogen and oxygen atoms in total. The fourth-order valence-corrected chi connectivity index (χ4v) is 4.71. The first-order chi connectivity index (χ1) is 13.9. The second-order valence-electron chi connectivity index (χ2n) is 8.63. The molecular weight excluding hydrogens is 500 g/mol. The third-order valence-electron chi connectivity index (χ3n) is 5.00. The van der Waals surface area contributed by atoms with Gasteiger partial charge >= 0.3 is 5.97 Å². The Morgan fingerprint density at radius 1 is 1.20 bits per heavy atom. The number of hydrogen-bond acceptors (Lipinski definition) is 4. The van der Waals surface area contributed by atoms with Crippen molar-refractivity contribution in [2.75, 3.05) is 11.9 Å². The number of carbonyl (C=O) groups is 2. The van der Waals surface area contributed by atoms with Crippen molar-refractivity contribution in [2.45, 2.75) is 52.1 Å². The molecule has 0 aliphatic carbocycles. The Morgan fingerprint density at radius 2 is 1.90 bits per heavy atom. The Bertz CT molecular complexity index is 1020. The first kappa shape index (κ1) is 22.5. The van der Waals surface area contributed by atoms with Crippen molar-refractivity contribution in [2.24, 2.45) is 0 Å². The normalized spacial score (nSPS) is 16.2. The van der Waals surface area contributed by atoms with Gasteiger partial charge in [-0.1, -0.05) is 13.8 Å². The molecule has 0 unspecified atom stereocenters. The predicted octanol–water partition coefficient (Wildman–Crippen LogP) is 5.70. The van der Waals surface area contributed by atoms with Gasteiger partial charge in [-0.3, -0.25) is 4.79 Å². The van der Waals surface area contributed by atoms with Crippen LogP contribution >= 0.6 is 22.6 Å². The molecule has 0 bridgehead atoms. The molecule has 7 heteroatoms. The summed E-state index contributed by atoms with van der Waals surface area (Å²) in [5, 5.41) is 2.83. The second kappa shape index (κ2) is 8.17. The number of esters is 1. The molecule has 0 fully saturated rings. The molecule has 0 radical (unpaired) electrons. The highest BCUT2D eigenvalue weighted by Crippen LogP contribution is 2.47. The highest BCUT2D eigenvalue weighted by molar-refractivity contribution is 14.1. The zero-order valence-corrected chi connectivity index (χ0v) is 19.8. The van der Waals surface area contributed by atoms with Crippen molar-refractivity contribution in [1.82, 2.24) is 0 Å². The Labute approximate surface area is 189 Å². The van der Waals surface area contributed by atoms with Crippen LogP contribution in [0.3, 0.4) is 0 Å². The van der Waals surface area contributed by atoms with Gasteiger partial charge in [-0.15, -0.1) is 0 Å². The summed E-state index contributed by atoms with van der Waals surface area (Å²) in [5.41, 5.74) is 1.13. The summed E-state index contributed by atoms with van der Waals surface area (Å²) in [4.78, 5) is 24.4. The van der Waals surface area contributed by atoms with Gasteiger partial charge in [-0.2, -0.15) is 0 Å². The lowest BCUT2D eigenvalue weighted by Crippen LogP contribution is -2.41. The van der Waals surface area contributed by atoms with Crippen LogP contribution in [-0.4, -0.2) is 24.1 Å². The molecule has 30 heavy (non-hydrogen) atoms. The van der Waals surface area contributed by atoms with Gasteiger partial charge in [0.2, 0.25) is 0 Å². The predicted molar refractivity (Wildman–Crippen MR) is 122 cm³/mol. The Hall–Kier alpha value is -2.16. The fraction of sp³-hybridized carbons (Fsp3) is 0.391. The number of rotatable bonds is 4. The summed E-state index contributed by atoms with van der Waals surface area (Å²) in [6.45, 7) is 10.2. The van der Waals surface area contributed by atoms with Crippen molar-refractivity contribution in [3.63, 3.8) is 0 Å². The molecule has 0 saturated carbocycles. The highest BCUT2D eigenvalue weighted by Gasteiger charge is 2.40. The van der Waals surface area contributed by atoms with Crippen LogP contribution in [0, 0.1) is 9.39 Å². The Balaban J connectivity index is 1.87. The second-order valence-corrected chi connectivity index (χ2v) is 9.79. The number of hydrogen-bond donors (Lipinski definition) is 1. The molecule has 1 N–H and O–H groups in total. The molecule has 2 aromatic carbocycles. The first-order valence-electron chi connectivity index (χ1n) is 9.74. The third kappa shape index (κ3) is 4.61. The van der Waals surface area contributed by atoms with E-state index < -0.39 is 17.7 Å². The van der Waals surface area contributed by atoms with Gasteiger partial charge in [0, 0.05) is 16.8 Å². The number of benzene rings is 2. The van der Waals surface area contributed by atoms with Crippen LogP contribution in [0.1, 0.15) is 67.3 Å². The average Bonchev–Trinajstić information content (AvgIpc) is 2.61. The number of anilines is 1. The molecule has 3 rings (SSSR count). The van der Waals surface area contributed by atoms with E-state index in [0.717, 1.165) is 27.4 Å². The SMILES string of the molecule is CCOC(=O)c1ccc(C(=O)Nc2cc(I)c3c(c2)C(C)(C)CC(C)(C)O3)cc1F. The van der Waals surface area contributed by atoms with Crippen LogP contribution in [0.25, 0.3) is 0 Å². The van der Waals surface area contributed by atoms with E-state index in [1.807, 2.05) is 12.1 Å². The molecule has 0 atom stereocenters. The van der Waals surface area contributed by atoms with Crippen LogP contribution in [0.15, 0.2) is 30.3 Å². The van der Waals surface area contributed by atoms with Crippen molar-refractivity contribution in [1.29, 1.82) is 0 Å². The minimum Gasteiger partial charge on any atom is -0.486 e. The standard InChI is InChI=1S/C23H25FINO4/c1-6-29-21(28)15-8-7-13(9-17(15)24)20(27)26-14-10-16-19(18(25)11-14)30-23(4,5)12-22(16,2)3/h7-11H,6,12H2,1-5H3,(H,26,27). The number of fused-ring (bicyclic) bond motifs is 1. The van der Waals surface area contributed by atoms with Gasteiger partial charge in [0.1, 0.15) is 17.2 Å². The van der Waals surface area contributed by atoms with Gasteiger partial charge in [0.25, 0.3) is 5.91 Å². The van der Waals surface area contributed by atoms with Crippen molar-refractivity contribution >= 4 is 40.2 Å². The summed E-state index contributed by atoms with van der Waals surface area (Å²) in [6, 6.07) is 7.45. The summed E-state index contributed by atoms with van der Waals surface area (Å²) in [5.74, 6) is -1.18. The number of nitrogens with one attached hydrogen (secondary N) is 1. The van der Waals surface area contributed by atoms with Crippen LogP contribution in [-0.2, 0) is 10.2 Å². The summed E-state index contributed by atoms with van der Waals surface area (Å²) >= 11 is 2.20. The zero-order valence-electron chi connectivity index (χ0n) is 17.7. The molecule has 0 aromatic heterocycles. The maximum absolute atomic E-state index is 14.3. The Morgan fingerprint density at radius 3 is 2.53 bits per heavy atom. The topological polar surface area (TPSA) is 64.6 Å². The number of ether oxygens (including phenoxy) is 2. The molecule has 1 amide bonds. The van der Waals surface area contributed by atoms with Gasteiger partial charge in [-0.25, -0.2) is 9.18 Å². The smallest absolute Gasteiger partial charge is 0.341 e. The molecule has 1 aliphatic heterocycles. The average molecular weight is 525 g/mol. The lowest BCUT2D eigenvalue weighted by molar-refractivity contribution is 0.0515.